The highest BCUT2D eigenvalue weighted by atomic mass is 32.1. The van der Waals surface area contributed by atoms with Crippen molar-refractivity contribution >= 4 is 24.4 Å². The number of nitrogens with one attached hydrogen (secondary N) is 1. The monoisotopic (exact) mass is 301 g/mol. The van der Waals surface area contributed by atoms with Gasteiger partial charge in [0.15, 0.2) is 0 Å². The van der Waals surface area contributed by atoms with Crippen LogP contribution in [0, 0.1) is 5.41 Å². The van der Waals surface area contributed by atoms with E-state index in [0.29, 0.717) is 25.0 Å². The molecule has 116 valence electrons. The Bertz CT molecular complexity index is 340. The fourth-order valence-corrected chi connectivity index (χ4v) is 2.75. The summed E-state index contributed by atoms with van der Waals surface area (Å²) < 4.78 is 5.43. The maximum absolute atomic E-state index is 12.1. The molecule has 1 aliphatic carbocycles. The second kappa shape index (κ2) is 7.46. The largest absolute Gasteiger partial charge is 0.460 e. The summed E-state index contributed by atoms with van der Waals surface area (Å²) in [5.74, 6) is 0.903. The Hall–Kier alpha value is -0.550. The average Bonchev–Trinajstić information content (AvgIpc) is 2.31. The molecule has 0 spiro atoms. The van der Waals surface area contributed by atoms with Crippen molar-refractivity contribution in [2.75, 3.05) is 18.8 Å². The number of carbonyl (C=O) groups excluding carboxylic acids is 2. The molecule has 0 aliphatic heterocycles. The molecule has 4 nitrogen and oxygen atoms in total. The molecular formula is C15H27NO3S. The molecule has 0 amide bonds. The quantitative estimate of drug-likeness (QED) is 0.449. The summed E-state index contributed by atoms with van der Waals surface area (Å²) in [6.07, 6.45) is 3.07. The van der Waals surface area contributed by atoms with Gasteiger partial charge in [-0.2, -0.15) is 12.6 Å². The Balaban J connectivity index is 2.62. The molecule has 0 atom stereocenters. The minimum Gasteiger partial charge on any atom is -0.460 e. The first-order valence-electron chi connectivity index (χ1n) is 7.31. The first kappa shape index (κ1) is 17.5. The van der Waals surface area contributed by atoms with E-state index < -0.39 is 5.60 Å². The maximum atomic E-state index is 12.1. The van der Waals surface area contributed by atoms with E-state index in [9.17, 15) is 9.59 Å². The second-order valence-corrected chi connectivity index (χ2v) is 7.15. The van der Waals surface area contributed by atoms with Crippen molar-refractivity contribution in [1.82, 2.24) is 5.32 Å². The van der Waals surface area contributed by atoms with Crippen molar-refractivity contribution in [1.29, 1.82) is 0 Å². The van der Waals surface area contributed by atoms with Crippen LogP contribution in [0.25, 0.3) is 0 Å². The van der Waals surface area contributed by atoms with Crippen molar-refractivity contribution in [2.45, 2.75) is 58.5 Å². The number of hydrogen-bond acceptors (Lipinski definition) is 5. The number of ether oxygens (including phenoxy) is 1. The van der Waals surface area contributed by atoms with Crippen LogP contribution < -0.4 is 5.32 Å². The van der Waals surface area contributed by atoms with Gasteiger partial charge >= 0.3 is 5.97 Å². The number of ketones is 1. The number of esters is 1. The minimum atomic E-state index is -0.457. The summed E-state index contributed by atoms with van der Waals surface area (Å²) in [7, 11) is 0. The molecule has 1 aliphatic rings. The molecule has 20 heavy (non-hydrogen) atoms. The Morgan fingerprint density at radius 2 is 1.95 bits per heavy atom. The van der Waals surface area contributed by atoms with E-state index in [2.05, 4.69) is 17.9 Å². The van der Waals surface area contributed by atoms with Crippen molar-refractivity contribution in [3.8, 4) is 0 Å². The topological polar surface area (TPSA) is 55.4 Å². The van der Waals surface area contributed by atoms with Gasteiger partial charge in [-0.3, -0.25) is 9.59 Å². The van der Waals surface area contributed by atoms with E-state index in [1.165, 1.54) is 0 Å². The van der Waals surface area contributed by atoms with E-state index in [1.807, 2.05) is 20.8 Å². The van der Waals surface area contributed by atoms with Crippen molar-refractivity contribution in [3.05, 3.63) is 0 Å². The molecule has 1 saturated carbocycles. The lowest BCUT2D eigenvalue weighted by molar-refractivity contribution is -0.158. The Morgan fingerprint density at radius 1 is 1.35 bits per heavy atom. The first-order chi connectivity index (χ1) is 9.26. The van der Waals surface area contributed by atoms with Crippen LogP contribution in [0.1, 0.15) is 52.9 Å². The first-order valence-corrected chi connectivity index (χ1v) is 7.95. The third-order valence-electron chi connectivity index (χ3n) is 3.60. The van der Waals surface area contributed by atoms with Crippen LogP contribution in [0.3, 0.4) is 0 Å². The SMILES string of the molecule is CC(C)(C)OC(=O)CC1(CNCCS)CCC(=O)CC1. The molecule has 0 heterocycles. The van der Waals surface area contributed by atoms with Gasteiger partial charge in [0, 0.05) is 31.7 Å². The van der Waals surface area contributed by atoms with E-state index in [-0.39, 0.29) is 11.4 Å². The smallest absolute Gasteiger partial charge is 0.306 e. The fraction of sp³-hybridized carbons (Fsp3) is 0.867. The fourth-order valence-electron chi connectivity index (χ4n) is 2.59. The molecule has 0 bridgehead atoms. The third-order valence-corrected chi connectivity index (χ3v) is 3.82. The molecule has 0 aromatic heterocycles. The van der Waals surface area contributed by atoms with Crippen LogP contribution in [0.15, 0.2) is 0 Å². The molecule has 1 rings (SSSR count). The molecule has 0 radical (unpaired) electrons. The van der Waals surface area contributed by atoms with Gasteiger partial charge in [-0.1, -0.05) is 0 Å². The second-order valence-electron chi connectivity index (χ2n) is 6.70. The number of carbonyl (C=O) groups is 2. The Morgan fingerprint density at radius 3 is 2.45 bits per heavy atom. The van der Waals surface area contributed by atoms with Crippen LogP contribution in [0.5, 0.6) is 0 Å². The summed E-state index contributed by atoms with van der Waals surface area (Å²) in [6.45, 7) is 7.19. The summed E-state index contributed by atoms with van der Waals surface area (Å²) in [4.78, 5) is 23.5. The Kier molecular flexibility index (Phi) is 6.52. The zero-order chi connectivity index (χ0) is 15.2. The van der Waals surface area contributed by atoms with Crippen molar-refractivity contribution < 1.29 is 14.3 Å². The molecular weight excluding hydrogens is 274 g/mol. The predicted octanol–water partition coefficient (Wildman–Crippen LogP) is 2.37. The molecule has 0 aromatic carbocycles. The molecule has 0 unspecified atom stereocenters. The van der Waals surface area contributed by atoms with E-state index in [1.54, 1.807) is 0 Å². The number of rotatable bonds is 6. The predicted molar refractivity (Wildman–Crippen MR) is 83.1 cm³/mol. The third kappa shape index (κ3) is 6.27. The minimum absolute atomic E-state index is 0.140. The summed E-state index contributed by atoms with van der Waals surface area (Å²) in [5, 5.41) is 3.33. The van der Waals surface area contributed by atoms with Gasteiger partial charge in [-0.15, -0.1) is 0 Å². The molecule has 1 fully saturated rings. The number of Topliss-reactive ketones (excluding diaryl/α,β-unsaturated/α-hetero) is 1. The van der Waals surface area contributed by atoms with Gasteiger partial charge < -0.3 is 10.1 Å². The van der Waals surface area contributed by atoms with Gasteiger partial charge in [0.2, 0.25) is 0 Å². The van der Waals surface area contributed by atoms with E-state index in [4.69, 9.17) is 4.74 Å². The van der Waals surface area contributed by atoms with Crippen molar-refractivity contribution in [3.63, 3.8) is 0 Å². The summed E-state index contributed by atoms with van der Waals surface area (Å²) >= 11 is 4.18. The van der Waals surface area contributed by atoms with Crippen LogP contribution in [0.2, 0.25) is 0 Å². The van der Waals surface area contributed by atoms with Gasteiger partial charge in [-0.25, -0.2) is 0 Å². The normalized spacial score (nSPS) is 18.9. The van der Waals surface area contributed by atoms with Gasteiger partial charge in [0.1, 0.15) is 11.4 Å². The molecule has 0 aromatic rings. The Labute approximate surface area is 127 Å². The van der Waals surface area contributed by atoms with Crippen LogP contribution in [0.4, 0.5) is 0 Å². The van der Waals surface area contributed by atoms with Gasteiger partial charge in [0.25, 0.3) is 0 Å². The summed E-state index contributed by atoms with van der Waals surface area (Å²) in [5.41, 5.74) is -0.597. The lowest BCUT2D eigenvalue weighted by Crippen LogP contribution is -2.41. The highest BCUT2D eigenvalue weighted by molar-refractivity contribution is 7.80. The van der Waals surface area contributed by atoms with Crippen LogP contribution >= 0.6 is 12.6 Å². The zero-order valence-corrected chi connectivity index (χ0v) is 13.7. The number of hydrogen-bond donors (Lipinski definition) is 2. The standard InChI is InChI=1S/C15H27NO3S/c1-14(2,3)19-13(18)10-15(11-16-8-9-20)6-4-12(17)5-7-15/h16,20H,4-11H2,1-3H3. The zero-order valence-electron chi connectivity index (χ0n) is 12.8. The van der Waals surface area contributed by atoms with Crippen molar-refractivity contribution in [2.24, 2.45) is 5.41 Å². The lowest BCUT2D eigenvalue weighted by Gasteiger charge is -2.37. The summed E-state index contributed by atoms with van der Waals surface area (Å²) in [6, 6.07) is 0. The van der Waals surface area contributed by atoms with E-state index in [0.717, 1.165) is 31.7 Å². The van der Waals surface area contributed by atoms with Crippen LogP contribution in [-0.4, -0.2) is 36.2 Å². The van der Waals surface area contributed by atoms with Gasteiger partial charge in [-0.05, 0) is 39.0 Å². The number of thiol groups is 1. The molecule has 0 saturated heterocycles. The average molecular weight is 301 g/mol. The van der Waals surface area contributed by atoms with Gasteiger partial charge in [0.05, 0.1) is 6.42 Å². The molecule has 5 heteroatoms. The molecule has 1 N–H and O–H groups in total. The maximum Gasteiger partial charge on any atom is 0.306 e. The van der Waals surface area contributed by atoms with E-state index >= 15 is 0 Å². The highest BCUT2D eigenvalue weighted by Gasteiger charge is 2.37. The lowest BCUT2D eigenvalue weighted by atomic mass is 9.71. The van der Waals surface area contributed by atoms with Crippen LogP contribution in [-0.2, 0) is 14.3 Å². The highest BCUT2D eigenvalue weighted by Crippen LogP contribution is 2.38.